The standard InChI is InChI=1S/C10H9F3O4/c11-10(12,13)6-17-8-4-2-1-3-7(8)16-5-9(14)15/h1-4H,5-6H2,(H,14,15). The van der Waals surface area contributed by atoms with Crippen LogP contribution in [0.5, 0.6) is 11.5 Å². The summed E-state index contributed by atoms with van der Waals surface area (Å²) >= 11 is 0. The predicted molar refractivity (Wildman–Crippen MR) is 51.1 cm³/mol. The van der Waals surface area contributed by atoms with E-state index >= 15 is 0 Å². The fourth-order valence-corrected chi connectivity index (χ4v) is 0.988. The van der Waals surface area contributed by atoms with Crippen molar-refractivity contribution in [2.45, 2.75) is 6.18 Å². The fraction of sp³-hybridized carbons (Fsp3) is 0.300. The van der Waals surface area contributed by atoms with Gasteiger partial charge in [-0.15, -0.1) is 0 Å². The zero-order chi connectivity index (χ0) is 12.9. The number of benzene rings is 1. The molecule has 0 saturated heterocycles. The van der Waals surface area contributed by atoms with Crippen molar-refractivity contribution in [3.63, 3.8) is 0 Å². The van der Waals surface area contributed by atoms with Crippen molar-refractivity contribution in [1.29, 1.82) is 0 Å². The first-order valence-corrected chi connectivity index (χ1v) is 4.51. The first-order chi connectivity index (χ1) is 7.88. The van der Waals surface area contributed by atoms with E-state index in [0.29, 0.717) is 0 Å². The largest absolute Gasteiger partial charge is 0.480 e. The molecule has 0 unspecified atom stereocenters. The Hall–Kier alpha value is -1.92. The first-order valence-electron chi connectivity index (χ1n) is 4.51. The molecule has 0 aromatic heterocycles. The van der Waals surface area contributed by atoms with Crippen LogP contribution in [0.2, 0.25) is 0 Å². The lowest BCUT2D eigenvalue weighted by Gasteiger charge is -2.12. The third kappa shape index (κ3) is 5.10. The summed E-state index contributed by atoms with van der Waals surface area (Å²) in [4.78, 5) is 10.3. The number of carbonyl (C=O) groups is 1. The van der Waals surface area contributed by atoms with Crippen LogP contribution in [-0.4, -0.2) is 30.5 Å². The van der Waals surface area contributed by atoms with Gasteiger partial charge in [0.25, 0.3) is 0 Å². The second-order valence-electron chi connectivity index (χ2n) is 3.03. The van der Waals surface area contributed by atoms with E-state index in [0.717, 1.165) is 0 Å². The summed E-state index contributed by atoms with van der Waals surface area (Å²) in [6, 6.07) is 5.55. The third-order valence-electron chi connectivity index (χ3n) is 1.59. The van der Waals surface area contributed by atoms with Crippen molar-refractivity contribution in [3.8, 4) is 11.5 Å². The van der Waals surface area contributed by atoms with Crippen LogP contribution in [0.25, 0.3) is 0 Å². The molecule has 1 aromatic carbocycles. The highest BCUT2D eigenvalue weighted by Gasteiger charge is 2.28. The van der Waals surface area contributed by atoms with Crippen LogP contribution in [0, 0.1) is 0 Å². The molecule has 0 spiro atoms. The number of halogens is 3. The normalized spacial score (nSPS) is 11.0. The summed E-state index contributed by atoms with van der Waals surface area (Å²) < 4.78 is 45.0. The number of carboxylic acid groups (broad SMARTS) is 1. The maximum Gasteiger partial charge on any atom is 0.422 e. The number of hydrogen-bond acceptors (Lipinski definition) is 3. The molecule has 7 heteroatoms. The maximum absolute atomic E-state index is 11.9. The SMILES string of the molecule is O=C(O)COc1ccccc1OCC(F)(F)F. The molecule has 0 atom stereocenters. The van der Waals surface area contributed by atoms with Gasteiger partial charge in [0.15, 0.2) is 24.7 Å². The van der Waals surface area contributed by atoms with Crippen LogP contribution in [0.15, 0.2) is 24.3 Å². The molecule has 0 aliphatic rings. The second-order valence-corrected chi connectivity index (χ2v) is 3.03. The average molecular weight is 250 g/mol. The number of alkyl halides is 3. The fourth-order valence-electron chi connectivity index (χ4n) is 0.988. The number of carboxylic acids is 1. The minimum atomic E-state index is -4.46. The smallest absolute Gasteiger partial charge is 0.422 e. The Bertz CT molecular complexity index is 389. The lowest BCUT2D eigenvalue weighted by Crippen LogP contribution is -2.19. The number of rotatable bonds is 5. The molecule has 0 bridgehead atoms. The molecule has 1 N–H and O–H groups in total. The molecule has 1 aromatic rings. The molecule has 0 aliphatic heterocycles. The second kappa shape index (κ2) is 5.42. The van der Waals surface area contributed by atoms with Gasteiger partial charge in [-0.2, -0.15) is 13.2 Å². The number of para-hydroxylation sites is 2. The van der Waals surface area contributed by atoms with Gasteiger partial charge in [0.05, 0.1) is 0 Å². The Balaban J connectivity index is 2.67. The summed E-state index contributed by atoms with van der Waals surface area (Å²) in [6.07, 6.45) is -4.46. The molecule has 0 saturated carbocycles. The number of aliphatic carboxylic acids is 1. The topological polar surface area (TPSA) is 55.8 Å². The lowest BCUT2D eigenvalue weighted by molar-refractivity contribution is -0.154. The van der Waals surface area contributed by atoms with Crippen LogP contribution < -0.4 is 9.47 Å². The monoisotopic (exact) mass is 250 g/mol. The van der Waals surface area contributed by atoms with Crippen LogP contribution in [0.1, 0.15) is 0 Å². The quantitative estimate of drug-likeness (QED) is 0.869. The Morgan fingerprint density at radius 2 is 1.71 bits per heavy atom. The van der Waals surface area contributed by atoms with E-state index in [-0.39, 0.29) is 11.5 Å². The van der Waals surface area contributed by atoms with E-state index in [1.165, 1.54) is 24.3 Å². The van der Waals surface area contributed by atoms with Crippen LogP contribution >= 0.6 is 0 Å². The van der Waals surface area contributed by atoms with E-state index in [2.05, 4.69) is 4.74 Å². The third-order valence-corrected chi connectivity index (χ3v) is 1.59. The molecule has 0 aliphatic carbocycles. The summed E-state index contributed by atoms with van der Waals surface area (Å²) in [7, 11) is 0. The highest BCUT2D eigenvalue weighted by Crippen LogP contribution is 2.28. The minimum Gasteiger partial charge on any atom is -0.480 e. The zero-order valence-electron chi connectivity index (χ0n) is 8.53. The lowest BCUT2D eigenvalue weighted by atomic mass is 10.3. The van der Waals surface area contributed by atoms with Gasteiger partial charge in [0, 0.05) is 0 Å². The molecular formula is C10H9F3O4. The van der Waals surface area contributed by atoms with Crippen LogP contribution in [0.4, 0.5) is 13.2 Å². The van der Waals surface area contributed by atoms with E-state index in [4.69, 9.17) is 9.84 Å². The van der Waals surface area contributed by atoms with Gasteiger partial charge >= 0.3 is 12.1 Å². The molecule has 0 heterocycles. The Morgan fingerprint density at radius 1 is 1.18 bits per heavy atom. The molecule has 0 radical (unpaired) electrons. The molecule has 0 amide bonds. The maximum atomic E-state index is 11.9. The van der Waals surface area contributed by atoms with E-state index in [9.17, 15) is 18.0 Å². The van der Waals surface area contributed by atoms with Gasteiger partial charge < -0.3 is 14.6 Å². The zero-order valence-corrected chi connectivity index (χ0v) is 8.53. The molecule has 0 fully saturated rings. The Kier molecular flexibility index (Phi) is 4.19. The molecular weight excluding hydrogens is 241 g/mol. The molecule has 4 nitrogen and oxygen atoms in total. The molecule has 1 rings (SSSR count). The average Bonchev–Trinajstić information content (AvgIpc) is 2.23. The predicted octanol–water partition coefficient (Wildman–Crippen LogP) is 2.09. The van der Waals surface area contributed by atoms with E-state index < -0.39 is 25.4 Å². The Labute approximate surface area is 94.6 Å². The number of hydrogen-bond donors (Lipinski definition) is 1. The summed E-state index contributed by atoms with van der Waals surface area (Å²) in [5, 5.41) is 8.38. The molecule has 17 heavy (non-hydrogen) atoms. The highest BCUT2D eigenvalue weighted by molar-refractivity contribution is 5.68. The molecule has 94 valence electrons. The van der Waals surface area contributed by atoms with Gasteiger partial charge in [-0.1, -0.05) is 12.1 Å². The van der Waals surface area contributed by atoms with Crippen LogP contribution in [0.3, 0.4) is 0 Å². The van der Waals surface area contributed by atoms with E-state index in [1.54, 1.807) is 0 Å². The van der Waals surface area contributed by atoms with Crippen molar-refractivity contribution in [1.82, 2.24) is 0 Å². The minimum absolute atomic E-state index is 0.0425. The first kappa shape index (κ1) is 13.1. The summed E-state index contributed by atoms with van der Waals surface area (Å²) in [6.45, 7) is -2.10. The van der Waals surface area contributed by atoms with Gasteiger partial charge in [0.2, 0.25) is 0 Å². The van der Waals surface area contributed by atoms with Crippen LogP contribution in [-0.2, 0) is 4.79 Å². The van der Waals surface area contributed by atoms with Crippen molar-refractivity contribution in [3.05, 3.63) is 24.3 Å². The number of ether oxygens (including phenoxy) is 2. The van der Waals surface area contributed by atoms with Gasteiger partial charge in [-0.3, -0.25) is 0 Å². The van der Waals surface area contributed by atoms with E-state index in [1.807, 2.05) is 0 Å². The van der Waals surface area contributed by atoms with Crippen molar-refractivity contribution in [2.75, 3.05) is 13.2 Å². The van der Waals surface area contributed by atoms with Crippen molar-refractivity contribution < 1.29 is 32.5 Å². The Morgan fingerprint density at radius 3 is 2.18 bits per heavy atom. The van der Waals surface area contributed by atoms with Gasteiger partial charge in [-0.25, -0.2) is 4.79 Å². The highest BCUT2D eigenvalue weighted by atomic mass is 19.4. The summed E-state index contributed by atoms with van der Waals surface area (Å²) in [5.74, 6) is -1.42. The van der Waals surface area contributed by atoms with Crippen molar-refractivity contribution in [2.24, 2.45) is 0 Å². The summed E-state index contributed by atoms with van der Waals surface area (Å²) in [5.41, 5.74) is 0. The van der Waals surface area contributed by atoms with Gasteiger partial charge in [-0.05, 0) is 12.1 Å². The van der Waals surface area contributed by atoms with Crippen molar-refractivity contribution >= 4 is 5.97 Å². The van der Waals surface area contributed by atoms with Gasteiger partial charge in [0.1, 0.15) is 0 Å².